The number of nitrogens with zero attached hydrogens (tertiary/aromatic N) is 3. The quantitative estimate of drug-likeness (QED) is 0.355. The van der Waals surface area contributed by atoms with E-state index in [1.165, 1.54) is 36.4 Å². The zero-order valence-electron chi connectivity index (χ0n) is 23.0. The van der Waals surface area contributed by atoms with Gasteiger partial charge < -0.3 is 15.0 Å². The van der Waals surface area contributed by atoms with E-state index in [-0.39, 0.29) is 35.9 Å². The second kappa shape index (κ2) is 12.9. The molecule has 0 saturated carbocycles. The Balaban J connectivity index is 1.26. The molecule has 0 aliphatic carbocycles. The maximum Gasteiger partial charge on any atom is 0.247 e. The minimum atomic E-state index is -0.640. The highest BCUT2D eigenvalue weighted by atomic mass is 19.1. The van der Waals surface area contributed by atoms with Crippen LogP contribution in [0.1, 0.15) is 31.7 Å². The maximum absolute atomic E-state index is 13.5. The van der Waals surface area contributed by atoms with Gasteiger partial charge in [-0.1, -0.05) is 25.5 Å². The number of amides is 2. The first-order valence-electron chi connectivity index (χ1n) is 14.0. The Kier molecular flexibility index (Phi) is 8.91. The van der Waals surface area contributed by atoms with Crippen LogP contribution in [0.4, 0.5) is 14.5 Å². The van der Waals surface area contributed by atoms with Gasteiger partial charge in [0.05, 0.1) is 0 Å². The molecule has 2 amide bonds. The van der Waals surface area contributed by atoms with Gasteiger partial charge in [0.15, 0.2) is 0 Å². The molecule has 1 saturated heterocycles. The van der Waals surface area contributed by atoms with Gasteiger partial charge in [0, 0.05) is 25.0 Å². The van der Waals surface area contributed by atoms with Crippen molar-refractivity contribution in [1.29, 1.82) is 0 Å². The number of hydrogen-bond acceptors (Lipinski definition) is 5. The van der Waals surface area contributed by atoms with Gasteiger partial charge in [0.2, 0.25) is 11.8 Å². The molecule has 2 aliphatic rings. The molecule has 1 fully saturated rings. The lowest BCUT2D eigenvalue weighted by atomic mass is 9.96. The first-order chi connectivity index (χ1) is 19.9. The van der Waals surface area contributed by atoms with Gasteiger partial charge in [-0.2, -0.15) is 5.10 Å². The predicted octanol–water partition coefficient (Wildman–Crippen LogP) is 5.87. The van der Waals surface area contributed by atoms with E-state index in [0.29, 0.717) is 42.5 Å². The average Bonchev–Trinajstić information content (AvgIpc) is 3.41. The molecule has 1 N–H and O–H groups in total. The lowest BCUT2D eigenvalue weighted by Gasteiger charge is -2.30. The molecule has 2 aliphatic heterocycles. The number of benzene rings is 3. The van der Waals surface area contributed by atoms with Crippen molar-refractivity contribution in [3.63, 3.8) is 0 Å². The molecule has 2 heterocycles. The Bertz CT molecular complexity index is 1360. The molecule has 3 unspecified atom stereocenters. The van der Waals surface area contributed by atoms with Crippen LogP contribution in [0.2, 0.25) is 0 Å². The van der Waals surface area contributed by atoms with Crippen LogP contribution in [0.3, 0.4) is 0 Å². The van der Waals surface area contributed by atoms with Gasteiger partial charge in [0.25, 0.3) is 0 Å². The summed E-state index contributed by atoms with van der Waals surface area (Å²) >= 11 is 0. The number of anilines is 1. The molecule has 3 atom stereocenters. The van der Waals surface area contributed by atoms with Crippen molar-refractivity contribution >= 4 is 23.7 Å². The smallest absolute Gasteiger partial charge is 0.247 e. The van der Waals surface area contributed by atoms with Crippen molar-refractivity contribution in [1.82, 2.24) is 9.91 Å². The number of carbonyl (C=O) groups excluding carboxylic acids is 2. The number of likely N-dealkylation sites (tertiary alicyclic amines) is 1. The highest BCUT2D eigenvalue weighted by Crippen LogP contribution is 2.29. The summed E-state index contributed by atoms with van der Waals surface area (Å²) in [7, 11) is 0. The molecule has 3 aromatic carbocycles. The molecule has 9 heteroatoms. The summed E-state index contributed by atoms with van der Waals surface area (Å²) < 4.78 is 32.3. The molecule has 5 rings (SSSR count). The Morgan fingerprint density at radius 3 is 2.20 bits per heavy atom. The lowest BCUT2D eigenvalue weighted by Crippen LogP contribution is -2.47. The van der Waals surface area contributed by atoms with Crippen LogP contribution < -0.4 is 10.1 Å². The molecule has 3 aromatic rings. The van der Waals surface area contributed by atoms with Crippen molar-refractivity contribution in [3.05, 3.63) is 90.0 Å². The first-order valence-corrected chi connectivity index (χ1v) is 14.0. The van der Waals surface area contributed by atoms with Crippen LogP contribution in [0.15, 0.2) is 77.9 Å². The number of ether oxygens (including phenoxy) is 1. The average molecular weight is 561 g/mol. The van der Waals surface area contributed by atoms with Gasteiger partial charge in [-0.05, 0) is 97.3 Å². The molecular formula is C32H34F2N4O3. The van der Waals surface area contributed by atoms with Crippen LogP contribution >= 0.6 is 0 Å². The van der Waals surface area contributed by atoms with E-state index in [2.05, 4.69) is 17.3 Å². The topological polar surface area (TPSA) is 74.2 Å². The van der Waals surface area contributed by atoms with Gasteiger partial charge in [-0.25, -0.2) is 8.78 Å². The van der Waals surface area contributed by atoms with Gasteiger partial charge in [-0.15, -0.1) is 0 Å². The van der Waals surface area contributed by atoms with E-state index >= 15 is 0 Å². The van der Waals surface area contributed by atoms with Crippen molar-refractivity contribution in [2.75, 3.05) is 25.0 Å². The van der Waals surface area contributed by atoms with E-state index in [0.717, 1.165) is 24.9 Å². The third-order valence-corrected chi connectivity index (χ3v) is 7.67. The van der Waals surface area contributed by atoms with E-state index in [1.54, 1.807) is 46.3 Å². The summed E-state index contributed by atoms with van der Waals surface area (Å²) in [5.74, 6) is 0.515. The molecule has 0 aromatic heterocycles. The first kappa shape index (κ1) is 28.3. The lowest BCUT2D eigenvalue weighted by molar-refractivity contribution is -0.137. The predicted molar refractivity (Wildman–Crippen MR) is 154 cm³/mol. The Morgan fingerprint density at radius 2 is 1.54 bits per heavy atom. The van der Waals surface area contributed by atoms with Gasteiger partial charge in [-0.3, -0.25) is 14.6 Å². The van der Waals surface area contributed by atoms with Crippen LogP contribution in [-0.4, -0.2) is 53.6 Å². The van der Waals surface area contributed by atoms with E-state index in [1.807, 2.05) is 6.21 Å². The minimum absolute atomic E-state index is 0.0555. The molecule has 214 valence electrons. The summed E-state index contributed by atoms with van der Waals surface area (Å²) in [5.41, 5.74) is 1.54. The third kappa shape index (κ3) is 7.48. The van der Waals surface area contributed by atoms with E-state index in [9.17, 15) is 18.4 Å². The van der Waals surface area contributed by atoms with Crippen LogP contribution in [0.5, 0.6) is 11.5 Å². The standard InChI is InChI=1S/C32H34F2N4O3/c1-2-22-15-16-35-37(19-22)21-31(39)38-20-24(17-23-3-5-25(33)6-4-23)18-30(38)32(40)36-27-9-13-29(14-10-27)41-28-11-7-26(34)8-12-28/h3-14,16,22,24,30H,2,15,17-21H2,1H3,(H,36,40). The normalized spacial score (nSPS) is 20.2. The van der Waals surface area contributed by atoms with Crippen molar-refractivity contribution in [2.24, 2.45) is 16.9 Å². The number of hydrogen-bond donors (Lipinski definition) is 1. The summed E-state index contributed by atoms with van der Waals surface area (Å²) in [6, 6.07) is 18.3. The highest BCUT2D eigenvalue weighted by molar-refractivity contribution is 5.97. The zero-order chi connectivity index (χ0) is 28.8. The Hall–Kier alpha value is -4.27. The Morgan fingerprint density at radius 1 is 0.902 bits per heavy atom. The molecule has 0 spiro atoms. The fraction of sp³-hybridized carbons (Fsp3) is 0.344. The summed E-state index contributed by atoms with van der Waals surface area (Å²) in [4.78, 5) is 28.7. The number of carbonyl (C=O) groups is 2. The largest absolute Gasteiger partial charge is 0.457 e. The van der Waals surface area contributed by atoms with Gasteiger partial charge >= 0.3 is 0 Å². The zero-order valence-corrected chi connectivity index (χ0v) is 23.0. The SMILES string of the molecule is CCC1CC=NN(CC(=O)N2CC(Cc3ccc(F)cc3)CC2C(=O)Nc2ccc(Oc3ccc(F)cc3)cc2)C1. The monoisotopic (exact) mass is 560 g/mol. The molecule has 7 nitrogen and oxygen atoms in total. The van der Waals surface area contributed by atoms with Crippen LogP contribution in [-0.2, 0) is 16.0 Å². The third-order valence-electron chi connectivity index (χ3n) is 7.67. The molecule has 41 heavy (non-hydrogen) atoms. The van der Waals surface area contributed by atoms with Crippen LogP contribution in [0, 0.1) is 23.5 Å². The maximum atomic E-state index is 13.5. The number of nitrogens with one attached hydrogen (secondary N) is 1. The van der Waals surface area contributed by atoms with Crippen molar-refractivity contribution in [2.45, 2.75) is 38.6 Å². The van der Waals surface area contributed by atoms with E-state index in [4.69, 9.17) is 4.74 Å². The molecule has 0 bridgehead atoms. The van der Waals surface area contributed by atoms with Crippen molar-refractivity contribution in [3.8, 4) is 11.5 Å². The Labute approximate surface area is 238 Å². The minimum Gasteiger partial charge on any atom is -0.457 e. The number of rotatable bonds is 9. The fourth-order valence-electron chi connectivity index (χ4n) is 5.40. The molecular weight excluding hydrogens is 526 g/mol. The number of halogens is 2. The van der Waals surface area contributed by atoms with E-state index < -0.39 is 6.04 Å². The molecule has 0 radical (unpaired) electrons. The second-order valence-electron chi connectivity index (χ2n) is 10.7. The van der Waals surface area contributed by atoms with Gasteiger partial charge in [0.1, 0.15) is 35.7 Å². The summed E-state index contributed by atoms with van der Waals surface area (Å²) in [6.45, 7) is 3.41. The summed E-state index contributed by atoms with van der Waals surface area (Å²) in [5, 5.41) is 9.15. The fourth-order valence-corrected chi connectivity index (χ4v) is 5.40. The highest BCUT2D eigenvalue weighted by Gasteiger charge is 2.40. The van der Waals surface area contributed by atoms with Crippen molar-refractivity contribution < 1.29 is 23.1 Å². The number of hydrazone groups is 1. The van der Waals surface area contributed by atoms with Crippen LogP contribution in [0.25, 0.3) is 0 Å². The summed E-state index contributed by atoms with van der Waals surface area (Å²) in [6.07, 6.45) is 4.92. The second-order valence-corrected chi connectivity index (χ2v) is 10.7.